The van der Waals surface area contributed by atoms with E-state index in [2.05, 4.69) is 20.2 Å². The van der Waals surface area contributed by atoms with Crippen LogP contribution in [0, 0.1) is 10.1 Å². The number of aromatic nitrogens is 2. The Kier molecular flexibility index (Phi) is 6.65. The number of benzene rings is 1. The maximum Gasteiger partial charge on any atom is 0.353 e. The molecular formula is C19H26N6O4. The number of anilines is 2. The zero-order valence-corrected chi connectivity index (χ0v) is 16.9. The van der Waals surface area contributed by atoms with Gasteiger partial charge in [-0.1, -0.05) is 12.1 Å². The summed E-state index contributed by atoms with van der Waals surface area (Å²) in [5, 5.41) is 14.9. The van der Waals surface area contributed by atoms with Gasteiger partial charge >= 0.3 is 5.69 Å². The van der Waals surface area contributed by atoms with Crippen LogP contribution in [0.3, 0.4) is 0 Å². The van der Waals surface area contributed by atoms with Crippen molar-refractivity contribution >= 4 is 17.3 Å². The van der Waals surface area contributed by atoms with Gasteiger partial charge in [0.15, 0.2) is 11.5 Å². The van der Waals surface area contributed by atoms with E-state index in [9.17, 15) is 10.1 Å². The van der Waals surface area contributed by atoms with Crippen LogP contribution in [0.15, 0.2) is 24.5 Å². The standard InChI is InChI=1S/C19H26N6O4/c1-23-9-11-24(12-10-23)19-16(25(26)27)18(21-13-22-19)20-8-7-14-5-4-6-15(28-2)17(14)29-3/h4-6,13H,7-12H2,1-3H3,(H,20,21,22). The number of ether oxygens (including phenoxy) is 2. The molecule has 1 fully saturated rings. The summed E-state index contributed by atoms with van der Waals surface area (Å²) < 4.78 is 10.8. The molecule has 1 saturated heterocycles. The molecule has 1 aromatic heterocycles. The summed E-state index contributed by atoms with van der Waals surface area (Å²) in [5.74, 6) is 1.89. The number of methoxy groups -OCH3 is 2. The van der Waals surface area contributed by atoms with E-state index in [1.165, 1.54) is 6.33 Å². The predicted molar refractivity (Wildman–Crippen MR) is 110 cm³/mol. The molecule has 1 aliphatic rings. The Balaban J connectivity index is 1.76. The number of nitrogens with one attached hydrogen (secondary N) is 1. The minimum absolute atomic E-state index is 0.0883. The number of hydrogen-bond acceptors (Lipinski definition) is 9. The molecular weight excluding hydrogens is 376 g/mol. The summed E-state index contributed by atoms with van der Waals surface area (Å²) in [5.41, 5.74) is 0.852. The van der Waals surface area contributed by atoms with Gasteiger partial charge in [-0.05, 0) is 25.1 Å². The fourth-order valence-corrected chi connectivity index (χ4v) is 3.38. The van der Waals surface area contributed by atoms with E-state index in [4.69, 9.17) is 9.47 Å². The van der Waals surface area contributed by atoms with Gasteiger partial charge in [0.1, 0.15) is 6.33 Å². The van der Waals surface area contributed by atoms with Crippen molar-refractivity contribution in [1.29, 1.82) is 0 Å². The second-order valence-electron chi connectivity index (χ2n) is 6.77. The maximum absolute atomic E-state index is 11.8. The second kappa shape index (κ2) is 9.37. The fraction of sp³-hybridized carbons (Fsp3) is 0.474. The molecule has 1 N–H and O–H groups in total. The van der Waals surface area contributed by atoms with Crippen LogP contribution in [0.5, 0.6) is 11.5 Å². The predicted octanol–water partition coefficient (Wildman–Crippen LogP) is 1.81. The summed E-state index contributed by atoms with van der Waals surface area (Å²) in [6.45, 7) is 3.49. The van der Waals surface area contributed by atoms with Crippen LogP contribution in [0.1, 0.15) is 5.56 Å². The molecule has 0 spiro atoms. The van der Waals surface area contributed by atoms with Crippen molar-refractivity contribution in [2.24, 2.45) is 0 Å². The van der Waals surface area contributed by atoms with Gasteiger partial charge in [-0.25, -0.2) is 9.97 Å². The molecule has 0 aliphatic carbocycles. The largest absolute Gasteiger partial charge is 0.493 e. The zero-order valence-electron chi connectivity index (χ0n) is 16.9. The average Bonchev–Trinajstić information content (AvgIpc) is 2.73. The molecule has 0 saturated carbocycles. The third kappa shape index (κ3) is 4.65. The topological polar surface area (TPSA) is 106 Å². The second-order valence-corrected chi connectivity index (χ2v) is 6.77. The lowest BCUT2D eigenvalue weighted by atomic mass is 10.1. The quantitative estimate of drug-likeness (QED) is 0.522. The van der Waals surface area contributed by atoms with Crippen molar-refractivity contribution in [3.63, 3.8) is 0 Å². The molecule has 2 heterocycles. The van der Waals surface area contributed by atoms with Gasteiger partial charge in [0.05, 0.1) is 19.1 Å². The first-order valence-corrected chi connectivity index (χ1v) is 9.41. The van der Waals surface area contributed by atoms with E-state index in [-0.39, 0.29) is 11.5 Å². The minimum atomic E-state index is -0.415. The molecule has 0 bridgehead atoms. The number of rotatable bonds is 8. The number of nitrogens with zero attached hydrogens (tertiary/aromatic N) is 5. The monoisotopic (exact) mass is 402 g/mol. The summed E-state index contributed by atoms with van der Waals surface area (Å²) in [6.07, 6.45) is 1.96. The summed E-state index contributed by atoms with van der Waals surface area (Å²) in [6, 6.07) is 5.65. The molecule has 29 heavy (non-hydrogen) atoms. The third-order valence-electron chi connectivity index (χ3n) is 4.96. The van der Waals surface area contributed by atoms with Gasteiger partial charge in [0, 0.05) is 32.7 Å². The van der Waals surface area contributed by atoms with Crippen molar-refractivity contribution in [2.75, 3.05) is 64.2 Å². The summed E-state index contributed by atoms with van der Waals surface area (Å²) in [7, 11) is 5.21. The molecule has 156 valence electrons. The number of likely N-dealkylation sites (N-methyl/N-ethyl adjacent to an activating group) is 1. The Morgan fingerprint density at radius 3 is 2.59 bits per heavy atom. The van der Waals surface area contributed by atoms with Crippen molar-refractivity contribution in [2.45, 2.75) is 6.42 Å². The highest BCUT2D eigenvalue weighted by Crippen LogP contribution is 2.33. The molecule has 0 amide bonds. The average molecular weight is 402 g/mol. The van der Waals surface area contributed by atoms with Crippen LogP contribution in [-0.4, -0.2) is 73.8 Å². The van der Waals surface area contributed by atoms with Crippen LogP contribution in [0.25, 0.3) is 0 Å². The third-order valence-corrected chi connectivity index (χ3v) is 4.96. The molecule has 2 aromatic rings. The molecule has 0 unspecified atom stereocenters. The first kappa shape index (κ1) is 20.6. The lowest BCUT2D eigenvalue weighted by Crippen LogP contribution is -2.45. The molecule has 0 atom stereocenters. The SMILES string of the molecule is COc1cccc(CCNc2ncnc(N3CCN(C)CC3)c2[N+](=O)[O-])c1OC. The van der Waals surface area contributed by atoms with E-state index < -0.39 is 4.92 Å². The lowest BCUT2D eigenvalue weighted by Gasteiger charge is -2.32. The van der Waals surface area contributed by atoms with Crippen molar-refractivity contribution in [3.8, 4) is 11.5 Å². The maximum atomic E-state index is 11.8. The highest BCUT2D eigenvalue weighted by Gasteiger charge is 2.28. The molecule has 3 rings (SSSR count). The Morgan fingerprint density at radius 1 is 1.17 bits per heavy atom. The first-order valence-electron chi connectivity index (χ1n) is 9.41. The smallest absolute Gasteiger partial charge is 0.353 e. The Labute approximate surface area is 169 Å². The van der Waals surface area contributed by atoms with Gasteiger partial charge in [-0.15, -0.1) is 0 Å². The molecule has 1 aliphatic heterocycles. The Morgan fingerprint density at radius 2 is 1.93 bits per heavy atom. The normalized spacial score (nSPS) is 14.5. The van der Waals surface area contributed by atoms with Crippen LogP contribution < -0.4 is 19.7 Å². The first-order chi connectivity index (χ1) is 14.0. The van der Waals surface area contributed by atoms with E-state index in [0.29, 0.717) is 43.4 Å². The number of para-hydroxylation sites is 1. The van der Waals surface area contributed by atoms with Gasteiger partial charge < -0.3 is 24.6 Å². The minimum Gasteiger partial charge on any atom is -0.493 e. The van der Waals surface area contributed by atoms with E-state index >= 15 is 0 Å². The van der Waals surface area contributed by atoms with E-state index in [0.717, 1.165) is 18.7 Å². The highest BCUT2D eigenvalue weighted by atomic mass is 16.6. The van der Waals surface area contributed by atoms with Crippen LogP contribution in [0.4, 0.5) is 17.3 Å². The Bertz CT molecular complexity index is 855. The van der Waals surface area contributed by atoms with Gasteiger partial charge in [0.2, 0.25) is 11.6 Å². The highest BCUT2D eigenvalue weighted by molar-refractivity contribution is 5.70. The van der Waals surface area contributed by atoms with E-state index in [1.54, 1.807) is 14.2 Å². The summed E-state index contributed by atoms with van der Waals surface area (Å²) in [4.78, 5) is 23.8. The molecule has 10 nitrogen and oxygen atoms in total. The van der Waals surface area contributed by atoms with Crippen LogP contribution >= 0.6 is 0 Å². The molecule has 0 radical (unpaired) electrons. The molecule has 10 heteroatoms. The number of nitro groups is 1. The Hall–Kier alpha value is -3.14. The van der Waals surface area contributed by atoms with Gasteiger partial charge in [-0.3, -0.25) is 10.1 Å². The van der Waals surface area contributed by atoms with Crippen molar-refractivity contribution < 1.29 is 14.4 Å². The zero-order chi connectivity index (χ0) is 20.8. The fourth-order valence-electron chi connectivity index (χ4n) is 3.38. The van der Waals surface area contributed by atoms with Crippen molar-refractivity contribution in [1.82, 2.24) is 14.9 Å². The van der Waals surface area contributed by atoms with Gasteiger partial charge in [-0.2, -0.15) is 0 Å². The van der Waals surface area contributed by atoms with Gasteiger partial charge in [0.25, 0.3) is 0 Å². The van der Waals surface area contributed by atoms with Crippen LogP contribution in [-0.2, 0) is 6.42 Å². The van der Waals surface area contributed by atoms with Crippen molar-refractivity contribution in [3.05, 3.63) is 40.2 Å². The summed E-state index contributed by atoms with van der Waals surface area (Å²) >= 11 is 0. The number of hydrogen-bond donors (Lipinski definition) is 1. The van der Waals surface area contributed by atoms with E-state index in [1.807, 2.05) is 30.1 Å². The molecule has 1 aromatic carbocycles. The van der Waals surface area contributed by atoms with Crippen LogP contribution in [0.2, 0.25) is 0 Å². The number of piperazine rings is 1. The lowest BCUT2D eigenvalue weighted by molar-refractivity contribution is -0.383.